The van der Waals surface area contributed by atoms with Gasteiger partial charge in [0.25, 0.3) is 0 Å². The molecule has 0 radical (unpaired) electrons. The van der Waals surface area contributed by atoms with Gasteiger partial charge < -0.3 is 25.0 Å². The van der Waals surface area contributed by atoms with Crippen LogP contribution in [0.5, 0.6) is 11.5 Å². The number of nitrogens with zero attached hydrogens (tertiary/aromatic N) is 2. The van der Waals surface area contributed by atoms with Crippen molar-refractivity contribution in [2.75, 3.05) is 51.8 Å². The van der Waals surface area contributed by atoms with Gasteiger partial charge in [-0.3, -0.25) is 4.79 Å². The van der Waals surface area contributed by atoms with Crippen molar-refractivity contribution in [1.82, 2.24) is 4.90 Å². The van der Waals surface area contributed by atoms with Crippen molar-refractivity contribution in [3.8, 4) is 11.5 Å². The molecular weight excluding hydrogens is 270 g/mol. The minimum absolute atomic E-state index is 0.134. The summed E-state index contributed by atoms with van der Waals surface area (Å²) < 4.78 is 10.7. The van der Waals surface area contributed by atoms with Gasteiger partial charge in [-0.1, -0.05) is 0 Å². The summed E-state index contributed by atoms with van der Waals surface area (Å²) in [6.07, 6.45) is 0.419. The monoisotopic (exact) mass is 293 g/mol. The van der Waals surface area contributed by atoms with E-state index in [1.165, 1.54) is 0 Å². The summed E-state index contributed by atoms with van der Waals surface area (Å²) in [5.74, 6) is 1.75. The zero-order valence-electron chi connectivity index (χ0n) is 12.7. The number of piperazine rings is 1. The van der Waals surface area contributed by atoms with Crippen LogP contribution in [0.1, 0.15) is 6.42 Å². The lowest BCUT2D eigenvalue weighted by Crippen LogP contribution is -2.49. The molecule has 1 amide bonds. The Morgan fingerprint density at radius 2 is 1.90 bits per heavy atom. The van der Waals surface area contributed by atoms with E-state index in [4.69, 9.17) is 15.2 Å². The van der Waals surface area contributed by atoms with Crippen LogP contribution >= 0.6 is 0 Å². The fourth-order valence-electron chi connectivity index (χ4n) is 2.52. The molecule has 1 aliphatic heterocycles. The van der Waals surface area contributed by atoms with Gasteiger partial charge in [-0.15, -0.1) is 0 Å². The lowest BCUT2D eigenvalue weighted by molar-refractivity contribution is -0.131. The Labute approximate surface area is 125 Å². The number of anilines is 1. The van der Waals surface area contributed by atoms with Crippen molar-refractivity contribution >= 4 is 11.6 Å². The summed E-state index contributed by atoms with van der Waals surface area (Å²) >= 11 is 0. The van der Waals surface area contributed by atoms with Gasteiger partial charge in [-0.25, -0.2) is 0 Å². The Bertz CT molecular complexity index is 485. The normalized spacial score (nSPS) is 15.0. The van der Waals surface area contributed by atoms with Crippen molar-refractivity contribution in [2.45, 2.75) is 6.42 Å². The van der Waals surface area contributed by atoms with Crippen LogP contribution in [0.15, 0.2) is 18.2 Å². The van der Waals surface area contributed by atoms with E-state index in [0.29, 0.717) is 26.1 Å². The molecule has 0 atom stereocenters. The van der Waals surface area contributed by atoms with E-state index in [2.05, 4.69) is 4.90 Å². The lowest BCUT2D eigenvalue weighted by Gasteiger charge is -2.36. The third kappa shape index (κ3) is 3.58. The lowest BCUT2D eigenvalue weighted by atomic mass is 10.2. The van der Waals surface area contributed by atoms with E-state index in [9.17, 15) is 4.79 Å². The SMILES string of the molecule is COc1ccc(OC)c(N2CCN(C(=O)CCN)CC2)c1. The van der Waals surface area contributed by atoms with Gasteiger partial charge in [0.2, 0.25) is 5.91 Å². The maximum absolute atomic E-state index is 11.8. The first-order valence-corrected chi connectivity index (χ1v) is 7.14. The van der Waals surface area contributed by atoms with Gasteiger partial charge in [0, 0.05) is 45.2 Å². The van der Waals surface area contributed by atoms with Crippen molar-refractivity contribution in [3.05, 3.63) is 18.2 Å². The third-order valence-corrected chi connectivity index (χ3v) is 3.72. The molecule has 0 aliphatic carbocycles. The molecule has 0 unspecified atom stereocenters. The van der Waals surface area contributed by atoms with Crippen LogP contribution in [0.2, 0.25) is 0 Å². The number of hydrogen-bond donors (Lipinski definition) is 1. The van der Waals surface area contributed by atoms with Crippen molar-refractivity contribution in [1.29, 1.82) is 0 Å². The summed E-state index contributed by atoms with van der Waals surface area (Å²) in [6, 6.07) is 5.75. The highest BCUT2D eigenvalue weighted by molar-refractivity contribution is 5.76. The molecule has 0 aromatic heterocycles. The minimum Gasteiger partial charge on any atom is -0.497 e. The number of benzene rings is 1. The van der Waals surface area contributed by atoms with Crippen LogP contribution < -0.4 is 20.1 Å². The highest BCUT2D eigenvalue weighted by Crippen LogP contribution is 2.32. The fraction of sp³-hybridized carbons (Fsp3) is 0.533. The molecule has 6 nitrogen and oxygen atoms in total. The second-order valence-corrected chi connectivity index (χ2v) is 4.94. The van der Waals surface area contributed by atoms with E-state index in [1.807, 2.05) is 23.1 Å². The van der Waals surface area contributed by atoms with Crippen LogP contribution in [0.25, 0.3) is 0 Å². The second kappa shape index (κ2) is 7.17. The molecule has 0 bridgehead atoms. The second-order valence-electron chi connectivity index (χ2n) is 4.94. The summed E-state index contributed by atoms with van der Waals surface area (Å²) in [5.41, 5.74) is 6.44. The topological polar surface area (TPSA) is 68.0 Å². The number of ether oxygens (including phenoxy) is 2. The van der Waals surface area contributed by atoms with Gasteiger partial charge in [0.15, 0.2) is 0 Å². The largest absolute Gasteiger partial charge is 0.497 e. The number of amides is 1. The minimum atomic E-state index is 0.134. The first kappa shape index (κ1) is 15.4. The number of carbonyl (C=O) groups is 1. The zero-order valence-corrected chi connectivity index (χ0v) is 12.7. The molecule has 1 heterocycles. The van der Waals surface area contributed by atoms with Gasteiger partial charge in [-0.2, -0.15) is 0 Å². The molecule has 1 aliphatic rings. The van der Waals surface area contributed by atoms with Gasteiger partial charge in [0.05, 0.1) is 19.9 Å². The van der Waals surface area contributed by atoms with Gasteiger partial charge in [-0.05, 0) is 12.1 Å². The van der Waals surface area contributed by atoms with E-state index in [1.54, 1.807) is 14.2 Å². The molecule has 2 N–H and O–H groups in total. The fourth-order valence-corrected chi connectivity index (χ4v) is 2.52. The van der Waals surface area contributed by atoms with Gasteiger partial charge >= 0.3 is 0 Å². The van der Waals surface area contributed by atoms with Gasteiger partial charge in [0.1, 0.15) is 11.5 Å². The first-order valence-electron chi connectivity index (χ1n) is 7.14. The zero-order chi connectivity index (χ0) is 15.2. The third-order valence-electron chi connectivity index (χ3n) is 3.72. The molecule has 1 aromatic rings. The van der Waals surface area contributed by atoms with E-state index >= 15 is 0 Å². The van der Waals surface area contributed by atoms with E-state index < -0.39 is 0 Å². The molecule has 6 heteroatoms. The number of nitrogens with two attached hydrogens (primary N) is 1. The number of carbonyl (C=O) groups excluding carboxylic acids is 1. The predicted octanol–water partition coefficient (Wildman–Crippen LogP) is 0.701. The quantitative estimate of drug-likeness (QED) is 0.865. The summed E-state index contributed by atoms with van der Waals surface area (Å²) in [7, 11) is 3.31. The Morgan fingerprint density at radius 1 is 1.19 bits per heavy atom. The van der Waals surface area contributed by atoms with Crippen molar-refractivity contribution < 1.29 is 14.3 Å². The smallest absolute Gasteiger partial charge is 0.223 e. The van der Waals surface area contributed by atoms with E-state index in [-0.39, 0.29) is 5.91 Å². The average Bonchev–Trinajstić information content (AvgIpc) is 2.54. The maximum Gasteiger partial charge on any atom is 0.223 e. The van der Waals surface area contributed by atoms with E-state index in [0.717, 1.165) is 30.3 Å². The Hall–Kier alpha value is -1.95. The molecule has 2 rings (SSSR count). The molecule has 0 saturated carbocycles. The van der Waals surface area contributed by atoms with Crippen LogP contribution in [0, 0.1) is 0 Å². The average molecular weight is 293 g/mol. The molecular formula is C15H23N3O3. The molecule has 1 saturated heterocycles. The highest BCUT2D eigenvalue weighted by Gasteiger charge is 2.22. The predicted molar refractivity (Wildman–Crippen MR) is 82.0 cm³/mol. The molecule has 21 heavy (non-hydrogen) atoms. The summed E-state index contributed by atoms with van der Waals surface area (Å²) in [5, 5.41) is 0. The first-order chi connectivity index (χ1) is 10.2. The summed E-state index contributed by atoms with van der Waals surface area (Å²) in [4.78, 5) is 15.9. The maximum atomic E-state index is 11.8. The number of hydrogen-bond acceptors (Lipinski definition) is 5. The molecule has 1 aromatic carbocycles. The van der Waals surface area contributed by atoms with Crippen LogP contribution in [-0.2, 0) is 4.79 Å². The summed E-state index contributed by atoms with van der Waals surface area (Å²) in [6.45, 7) is 3.38. The number of rotatable bonds is 5. The van der Waals surface area contributed by atoms with Crippen LogP contribution in [0.3, 0.4) is 0 Å². The standard InChI is InChI=1S/C15H23N3O3/c1-20-12-3-4-14(21-2)13(11-12)17-7-9-18(10-8-17)15(19)5-6-16/h3-4,11H,5-10,16H2,1-2H3. The Morgan fingerprint density at radius 3 is 2.48 bits per heavy atom. The molecule has 0 spiro atoms. The van der Waals surface area contributed by atoms with Crippen molar-refractivity contribution in [3.63, 3.8) is 0 Å². The Balaban J connectivity index is 2.06. The van der Waals surface area contributed by atoms with Crippen LogP contribution in [0.4, 0.5) is 5.69 Å². The number of methoxy groups -OCH3 is 2. The van der Waals surface area contributed by atoms with Crippen molar-refractivity contribution in [2.24, 2.45) is 5.73 Å². The highest BCUT2D eigenvalue weighted by atomic mass is 16.5. The molecule has 116 valence electrons. The Kier molecular flexibility index (Phi) is 5.27. The molecule has 1 fully saturated rings. The van der Waals surface area contributed by atoms with Crippen LogP contribution in [-0.4, -0.2) is 57.8 Å².